The van der Waals surface area contributed by atoms with Crippen LogP contribution in [0.2, 0.25) is 0 Å². The SMILES string of the molecule is CC(C)CCNC(=O)COc1c(C#N)oc2ccccc12. The van der Waals surface area contributed by atoms with Gasteiger partial charge in [-0.05, 0) is 24.5 Å². The van der Waals surface area contributed by atoms with Crippen LogP contribution in [0.25, 0.3) is 11.0 Å². The van der Waals surface area contributed by atoms with Gasteiger partial charge in [0.05, 0.1) is 5.39 Å². The van der Waals surface area contributed by atoms with E-state index in [0.29, 0.717) is 29.2 Å². The van der Waals surface area contributed by atoms with Gasteiger partial charge in [-0.15, -0.1) is 0 Å². The zero-order valence-electron chi connectivity index (χ0n) is 12.2. The van der Waals surface area contributed by atoms with Crippen LogP contribution in [0.5, 0.6) is 5.75 Å². The number of carbonyl (C=O) groups is 1. The van der Waals surface area contributed by atoms with Crippen LogP contribution in [0.4, 0.5) is 0 Å². The smallest absolute Gasteiger partial charge is 0.257 e. The first-order valence-corrected chi connectivity index (χ1v) is 6.93. The molecule has 21 heavy (non-hydrogen) atoms. The van der Waals surface area contributed by atoms with Crippen molar-refractivity contribution in [1.29, 1.82) is 5.26 Å². The Morgan fingerprint density at radius 3 is 2.90 bits per heavy atom. The molecule has 0 atom stereocenters. The van der Waals surface area contributed by atoms with Crippen molar-refractivity contribution in [3.8, 4) is 11.8 Å². The standard InChI is InChI=1S/C16H18N2O3/c1-11(2)7-8-18-15(19)10-20-16-12-5-3-4-6-13(12)21-14(16)9-17/h3-6,11H,7-8,10H2,1-2H3,(H,18,19). The third kappa shape index (κ3) is 3.76. The predicted octanol–water partition coefficient (Wildman–Crippen LogP) is 2.85. The van der Waals surface area contributed by atoms with Gasteiger partial charge in [0.25, 0.3) is 5.91 Å². The van der Waals surface area contributed by atoms with E-state index in [0.717, 1.165) is 6.42 Å². The molecule has 0 aliphatic rings. The van der Waals surface area contributed by atoms with Crippen molar-refractivity contribution in [2.75, 3.05) is 13.2 Å². The summed E-state index contributed by atoms with van der Waals surface area (Å²) in [5, 5.41) is 12.5. The van der Waals surface area contributed by atoms with Gasteiger partial charge in [-0.2, -0.15) is 5.26 Å². The van der Waals surface area contributed by atoms with Crippen LogP contribution in [0.15, 0.2) is 28.7 Å². The first-order chi connectivity index (χ1) is 10.1. The first kappa shape index (κ1) is 14.9. The predicted molar refractivity (Wildman–Crippen MR) is 78.9 cm³/mol. The zero-order valence-corrected chi connectivity index (χ0v) is 12.2. The van der Waals surface area contributed by atoms with Crippen molar-refractivity contribution >= 4 is 16.9 Å². The number of para-hydroxylation sites is 1. The van der Waals surface area contributed by atoms with Gasteiger partial charge >= 0.3 is 0 Å². The van der Waals surface area contributed by atoms with Gasteiger partial charge in [0.1, 0.15) is 11.7 Å². The molecule has 0 aliphatic carbocycles. The van der Waals surface area contributed by atoms with Gasteiger partial charge in [-0.1, -0.05) is 26.0 Å². The van der Waals surface area contributed by atoms with E-state index in [4.69, 9.17) is 14.4 Å². The topological polar surface area (TPSA) is 75.3 Å². The van der Waals surface area contributed by atoms with Gasteiger partial charge in [0, 0.05) is 6.54 Å². The van der Waals surface area contributed by atoms with Crippen molar-refractivity contribution in [3.05, 3.63) is 30.0 Å². The molecule has 2 aromatic rings. The lowest BCUT2D eigenvalue weighted by atomic mass is 10.1. The Hall–Kier alpha value is -2.48. The highest BCUT2D eigenvalue weighted by Crippen LogP contribution is 2.32. The summed E-state index contributed by atoms with van der Waals surface area (Å²) < 4.78 is 10.8. The molecule has 110 valence electrons. The van der Waals surface area contributed by atoms with Crippen LogP contribution in [0.1, 0.15) is 26.0 Å². The molecule has 1 N–H and O–H groups in total. The van der Waals surface area contributed by atoms with E-state index >= 15 is 0 Å². The lowest BCUT2D eigenvalue weighted by Crippen LogP contribution is -2.30. The summed E-state index contributed by atoms with van der Waals surface area (Å²) in [6, 6.07) is 9.14. The first-order valence-electron chi connectivity index (χ1n) is 6.93. The zero-order chi connectivity index (χ0) is 15.2. The highest BCUT2D eigenvalue weighted by molar-refractivity contribution is 5.87. The van der Waals surface area contributed by atoms with Crippen LogP contribution in [-0.4, -0.2) is 19.1 Å². The summed E-state index contributed by atoms with van der Waals surface area (Å²) in [7, 11) is 0. The summed E-state index contributed by atoms with van der Waals surface area (Å²) in [6.07, 6.45) is 0.920. The van der Waals surface area contributed by atoms with E-state index in [2.05, 4.69) is 19.2 Å². The van der Waals surface area contributed by atoms with Gasteiger partial charge in [0.2, 0.25) is 5.76 Å². The number of ether oxygens (including phenoxy) is 1. The molecule has 5 heteroatoms. The van der Waals surface area contributed by atoms with Gasteiger partial charge < -0.3 is 14.5 Å². The minimum atomic E-state index is -0.204. The van der Waals surface area contributed by atoms with Crippen LogP contribution < -0.4 is 10.1 Å². The average Bonchev–Trinajstić information content (AvgIpc) is 2.82. The molecule has 0 fully saturated rings. The van der Waals surface area contributed by atoms with Crippen molar-refractivity contribution in [2.24, 2.45) is 5.92 Å². The monoisotopic (exact) mass is 286 g/mol. The van der Waals surface area contributed by atoms with Crippen molar-refractivity contribution in [2.45, 2.75) is 20.3 Å². The Balaban J connectivity index is 2.00. The van der Waals surface area contributed by atoms with Crippen molar-refractivity contribution < 1.29 is 13.9 Å². The van der Waals surface area contributed by atoms with E-state index in [1.54, 1.807) is 12.1 Å². The van der Waals surface area contributed by atoms with Crippen LogP contribution in [-0.2, 0) is 4.79 Å². The Morgan fingerprint density at radius 2 is 2.19 bits per heavy atom. The number of nitrogens with one attached hydrogen (secondary N) is 1. The van der Waals surface area contributed by atoms with Crippen molar-refractivity contribution in [3.63, 3.8) is 0 Å². The third-order valence-electron chi connectivity index (χ3n) is 3.04. The Bertz CT molecular complexity index is 668. The molecule has 2 rings (SSSR count). The fourth-order valence-corrected chi connectivity index (χ4v) is 1.93. The maximum absolute atomic E-state index is 11.7. The molecular weight excluding hydrogens is 268 g/mol. The lowest BCUT2D eigenvalue weighted by Gasteiger charge is -2.08. The molecular formula is C16H18N2O3. The van der Waals surface area contributed by atoms with E-state index in [9.17, 15) is 4.79 Å². The van der Waals surface area contributed by atoms with Gasteiger partial charge in [0.15, 0.2) is 12.4 Å². The van der Waals surface area contributed by atoms with Crippen LogP contribution in [0, 0.1) is 17.2 Å². The molecule has 0 saturated carbocycles. The second kappa shape index (κ2) is 6.80. The highest BCUT2D eigenvalue weighted by Gasteiger charge is 2.16. The Labute approximate surface area is 123 Å². The number of nitriles is 1. The number of nitrogens with zero attached hydrogens (tertiary/aromatic N) is 1. The third-order valence-corrected chi connectivity index (χ3v) is 3.04. The number of fused-ring (bicyclic) bond motifs is 1. The Morgan fingerprint density at radius 1 is 1.43 bits per heavy atom. The maximum atomic E-state index is 11.7. The number of carbonyl (C=O) groups excluding carboxylic acids is 1. The molecule has 0 bridgehead atoms. The number of hydrogen-bond acceptors (Lipinski definition) is 4. The molecule has 0 saturated heterocycles. The van der Waals surface area contributed by atoms with E-state index < -0.39 is 0 Å². The largest absolute Gasteiger partial charge is 0.478 e. The number of benzene rings is 1. The van der Waals surface area contributed by atoms with E-state index in [-0.39, 0.29) is 18.3 Å². The molecule has 1 amide bonds. The number of rotatable bonds is 6. The van der Waals surface area contributed by atoms with Crippen LogP contribution >= 0.6 is 0 Å². The number of amides is 1. The summed E-state index contributed by atoms with van der Waals surface area (Å²) in [5.74, 6) is 0.748. The minimum Gasteiger partial charge on any atom is -0.478 e. The summed E-state index contributed by atoms with van der Waals surface area (Å²) in [4.78, 5) is 11.7. The average molecular weight is 286 g/mol. The molecule has 0 spiro atoms. The Kier molecular flexibility index (Phi) is 4.83. The van der Waals surface area contributed by atoms with Gasteiger partial charge in [-0.3, -0.25) is 4.79 Å². The molecule has 0 aliphatic heterocycles. The molecule has 0 radical (unpaired) electrons. The van der Waals surface area contributed by atoms with E-state index in [1.165, 1.54) is 0 Å². The van der Waals surface area contributed by atoms with Gasteiger partial charge in [-0.25, -0.2) is 0 Å². The summed E-state index contributed by atoms with van der Waals surface area (Å²) in [5.41, 5.74) is 0.573. The fourth-order valence-electron chi connectivity index (χ4n) is 1.93. The number of hydrogen-bond donors (Lipinski definition) is 1. The summed E-state index contributed by atoms with van der Waals surface area (Å²) in [6.45, 7) is 4.69. The minimum absolute atomic E-state index is 0.0891. The van der Waals surface area contributed by atoms with Crippen LogP contribution in [0.3, 0.4) is 0 Å². The molecule has 0 unspecified atom stereocenters. The maximum Gasteiger partial charge on any atom is 0.257 e. The molecule has 1 heterocycles. The second-order valence-corrected chi connectivity index (χ2v) is 5.19. The fraction of sp³-hybridized carbons (Fsp3) is 0.375. The summed E-state index contributed by atoms with van der Waals surface area (Å²) >= 11 is 0. The highest BCUT2D eigenvalue weighted by atomic mass is 16.5. The molecule has 1 aromatic carbocycles. The molecule has 1 aromatic heterocycles. The van der Waals surface area contributed by atoms with Crippen molar-refractivity contribution in [1.82, 2.24) is 5.32 Å². The van der Waals surface area contributed by atoms with E-state index in [1.807, 2.05) is 18.2 Å². The quantitative estimate of drug-likeness (QED) is 0.886. The normalized spacial score (nSPS) is 10.6. The second-order valence-electron chi connectivity index (χ2n) is 5.19. The number of furan rings is 1. The molecule has 5 nitrogen and oxygen atoms in total. The lowest BCUT2D eigenvalue weighted by molar-refractivity contribution is -0.123.